The zero-order chi connectivity index (χ0) is 30.3. The van der Waals surface area contributed by atoms with E-state index in [2.05, 4.69) is 16.0 Å². The highest BCUT2D eigenvalue weighted by molar-refractivity contribution is 5.96. The molecule has 0 fully saturated rings. The fraction of sp³-hybridized carbons (Fsp3) is 0.600. The molecule has 0 heterocycles. The Kier molecular flexibility index (Phi) is 15.3. The van der Waals surface area contributed by atoms with Crippen LogP contribution in [-0.2, 0) is 38.4 Å². The van der Waals surface area contributed by atoms with E-state index in [1.807, 2.05) is 10.6 Å². The van der Waals surface area contributed by atoms with Crippen molar-refractivity contribution in [2.75, 3.05) is 19.7 Å². The van der Waals surface area contributed by atoms with E-state index in [1.165, 1.54) is 0 Å². The van der Waals surface area contributed by atoms with Crippen LogP contribution in [0.25, 0.3) is 0 Å². The minimum atomic E-state index is -1.73. The highest BCUT2D eigenvalue weighted by Crippen LogP contribution is 2.01. The van der Waals surface area contributed by atoms with E-state index >= 15 is 0 Å². The summed E-state index contributed by atoms with van der Waals surface area (Å²) in [6, 6.07) is -6.39. The third-order valence-electron chi connectivity index (χ3n) is 4.86. The predicted molar refractivity (Wildman–Crippen MR) is 128 cm³/mol. The number of hydrogen-bond donors (Lipinski definition) is 11. The topological polar surface area (TPSA) is 335 Å². The largest absolute Gasteiger partial charge is 0.480 e. The number of amides is 7. The van der Waals surface area contributed by atoms with E-state index in [4.69, 9.17) is 22.3 Å². The molecule has 39 heavy (non-hydrogen) atoms. The number of hydrogen-bond acceptors (Lipinski definition) is 11. The molecular formula is C20H34N8O11. The Bertz CT molecular complexity index is 943. The van der Waals surface area contributed by atoms with Crippen LogP contribution in [-0.4, -0.2) is 113 Å². The molecule has 0 aliphatic rings. The SMILES string of the molecule is C[C@@H](O)[C@H](NC(=O)[C@H](CO)NC(=O)CNC(=O)[C@H](CC(N)=O)NC(=O)[C@H](CCC(N)=O)NC(=O)CN)C(=O)O. The lowest BCUT2D eigenvalue weighted by molar-refractivity contribution is -0.145. The van der Waals surface area contributed by atoms with Gasteiger partial charge in [0.25, 0.3) is 0 Å². The van der Waals surface area contributed by atoms with Gasteiger partial charge in [-0.3, -0.25) is 33.6 Å². The average Bonchev–Trinajstić information content (AvgIpc) is 2.84. The van der Waals surface area contributed by atoms with Crippen LogP contribution in [0.2, 0.25) is 0 Å². The molecule has 0 bridgehead atoms. The number of primary amides is 2. The zero-order valence-corrected chi connectivity index (χ0v) is 21.0. The molecule has 0 saturated heterocycles. The predicted octanol–water partition coefficient (Wildman–Crippen LogP) is -7.40. The molecule has 0 rings (SSSR count). The van der Waals surface area contributed by atoms with Crippen LogP contribution < -0.4 is 43.8 Å². The summed E-state index contributed by atoms with van der Waals surface area (Å²) < 4.78 is 0. The molecule has 0 saturated carbocycles. The maximum atomic E-state index is 12.6. The standard InChI is InChI=1S/C20H34N8O11/c1-8(30)16(20(38)39)28-19(37)11(7-29)26-15(34)6-24-17(35)10(4-13(23)32)27-18(36)9(2-3-12(22)31)25-14(33)5-21/h8-11,16,29-30H,2-7,21H2,1H3,(H2,22,31)(H2,23,32)(H,24,35)(H,25,33)(H,26,34)(H,27,36)(H,28,37)(H,38,39)/t8-,9+,10+,11+,16+/m1/s1. The van der Waals surface area contributed by atoms with Gasteiger partial charge in [-0.15, -0.1) is 0 Å². The van der Waals surface area contributed by atoms with Crippen LogP contribution in [0.1, 0.15) is 26.2 Å². The first-order valence-corrected chi connectivity index (χ1v) is 11.4. The summed E-state index contributed by atoms with van der Waals surface area (Å²) in [4.78, 5) is 94.7. The molecule has 19 heteroatoms. The summed E-state index contributed by atoms with van der Waals surface area (Å²) >= 11 is 0. The summed E-state index contributed by atoms with van der Waals surface area (Å²) in [6.45, 7) is -1.21. The Hall–Kier alpha value is -4.36. The van der Waals surface area contributed by atoms with Crippen molar-refractivity contribution in [1.82, 2.24) is 26.6 Å². The van der Waals surface area contributed by atoms with E-state index in [9.17, 15) is 48.6 Å². The summed E-state index contributed by atoms with van der Waals surface area (Å²) in [5.41, 5.74) is 15.4. The number of aliphatic carboxylic acids is 1. The Balaban J connectivity index is 5.29. The maximum Gasteiger partial charge on any atom is 0.328 e. The van der Waals surface area contributed by atoms with Crippen LogP contribution in [0.15, 0.2) is 0 Å². The number of nitrogens with two attached hydrogens (primary N) is 3. The zero-order valence-electron chi connectivity index (χ0n) is 21.0. The summed E-state index contributed by atoms with van der Waals surface area (Å²) in [5.74, 6) is -8.42. The molecule has 14 N–H and O–H groups in total. The molecule has 0 aromatic rings. The number of aliphatic hydroxyl groups is 2. The fourth-order valence-corrected chi connectivity index (χ4v) is 2.86. The lowest BCUT2D eigenvalue weighted by Crippen LogP contribution is -2.58. The number of carboxylic acids is 1. The van der Waals surface area contributed by atoms with Crippen LogP contribution in [0, 0.1) is 0 Å². The van der Waals surface area contributed by atoms with Crippen LogP contribution in [0.4, 0.5) is 0 Å². The lowest BCUT2D eigenvalue weighted by Gasteiger charge is -2.23. The van der Waals surface area contributed by atoms with Crippen molar-refractivity contribution in [3.8, 4) is 0 Å². The summed E-state index contributed by atoms with van der Waals surface area (Å²) in [7, 11) is 0. The van der Waals surface area contributed by atoms with E-state index in [0.717, 1.165) is 6.92 Å². The van der Waals surface area contributed by atoms with Gasteiger partial charge in [0, 0.05) is 6.42 Å². The van der Waals surface area contributed by atoms with Crippen molar-refractivity contribution in [2.24, 2.45) is 17.2 Å². The minimum absolute atomic E-state index is 0.261. The molecule has 19 nitrogen and oxygen atoms in total. The number of carboxylic acid groups (broad SMARTS) is 1. The van der Waals surface area contributed by atoms with Gasteiger partial charge < -0.3 is 59.1 Å². The highest BCUT2D eigenvalue weighted by Gasteiger charge is 2.30. The first kappa shape index (κ1) is 34.6. The summed E-state index contributed by atoms with van der Waals surface area (Å²) in [6.07, 6.45) is -2.82. The van der Waals surface area contributed by atoms with E-state index in [1.54, 1.807) is 0 Å². The van der Waals surface area contributed by atoms with Gasteiger partial charge in [0.15, 0.2) is 6.04 Å². The van der Waals surface area contributed by atoms with Crippen molar-refractivity contribution in [3.63, 3.8) is 0 Å². The molecule has 7 amide bonds. The smallest absolute Gasteiger partial charge is 0.328 e. The molecule has 0 aliphatic carbocycles. The van der Waals surface area contributed by atoms with Gasteiger partial charge in [-0.2, -0.15) is 0 Å². The molecule has 5 atom stereocenters. The van der Waals surface area contributed by atoms with Gasteiger partial charge >= 0.3 is 5.97 Å². The molecule has 0 unspecified atom stereocenters. The fourth-order valence-electron chi connectivity index (χ4n) is 2.86. The molecule has 220 valence electrons. The van der Waals surface area contributed by atoms with Gasteiger partial charge in [0.1, 0.15) is 18.1 Å². The average molecular weight is 563 g/mol. The second-order valence-corrected chi connectivity index (χ2v) is 8.15. The Morgan fingerprint density at radius 2 is 1.33 bits per heavy atom. The molecule has 0 aliphatic heterocycles. The molecule has 0 aromatic heterocycles. The quantitative estimate of drug-likeness (QED) is 0.0742. The Morgan fingerprint density at radius 1 is 0.769 bits per heavy atom. The number of rotatable bonds is 18. The van der Waals surface area contributed by atoms with Crippen molar-refractivity contribution < 1.29 is 53.7 Å². The second-order valence-electron chi connectivity index (χ2n) is 8.15. The molecule has 0 spiro atoms. The monoisotopic (exact) mass is 562 g/mol. The van der Waals surface area contributed by atoms with Crippen LogP contribution in [0.5, 0.6) is 0 Å². The van der Waals surface area contributed by atoms with Crippen LogP contribution >= 0.6 is 0 Å². The van der Waals surface area contributed by atoms with Crippen molar-refractivity contribution in [2.45, 2.75) is 56.5 Å². The minimum Gasteiger partial charge on any atom is -0.480 e. The number of aliphatic hydroxyl groups excluding tert-OH is 2. The van der Waals surface area contributed by atoms with Gasteiger partial charge in [0.2, 0.25) is 41.4 Å². The molecular weight excluding hydrogens is 528 g/mol. The third kappa shape index (κ3) is 13.7. The second kappa shape index (κ2) is 17.2. The van der Waals surface area contributed by atoms with Gasteiger partial charge in [-0.25, -0.2) is 4.79 Å². The normalized spacial score (nSPS) is 14.4. The first-order valence-electron chi connectivity index (χ1n) is 11.4. The third-order valence-corrected chi connectivity index (χ3v) is 4.86. The first-order chi connectivity index (χ1) is 18.1. The Morgan fingerprint density at radius 3 is 1.79 bits per heavy atom. The number of carbonyl (C=O) groups is 8. The summed E-state index contributed by atoms with van der Waals surface area (Å²) in [5, 5.41) is 38.2. The van der Waals surface area contributed by atoms with Gasteiger partial charge in [0.05, 0.1) is 32.2 Å². The Labute approximate surface area is 221 Å². The van der Waals surface area contributed by atoms with E-state index in [0.29, 0.717) is 0 Å². The van der Waals surface area contributed by atoms with Crippen LogP contribution in [0.3, 0.4) is 0 Å². The molecule has 0 radical (unpaired) electrons. The van der Waals surface area contributed by atoms with E-state index < -0.39 is 104 Å². The van der Waals surface area contributed by atoms with Gasteiger partial charge in [-0.05, 0) is 13.3 Å². The van der Waals surface area contributed by atoms with Gasteiger partial charge in [-0.1, -0.05) is 0 Å². The number of carbonyl (C=O) groups excluding carboxylic acids is 7. The maximum absolute atomic E-state index is 12.6. The van der Waals surface area contributed by atoms with Crippen molar-refractivity contribution in [3.05, 3.63) is 0 Å². The lowest BCUT2D eigenvalue weighted by atomic mass is 10.1. The highest BCUT2D eigenvalue weighted by atomic mass is 16.4. The number of nitrogens with one attached hydrogen (secondary N) is 5. The van der Waals surface area contributed by atoms with E-state index in [-0.39, 0.29) is 12.8 Å². The van der Waals surface area contributed by atoms with Crippen molar-refractivity contribution >= 4 is 47.3 Å². The van der Waals surface area contributed by atoms with Crippen molar-refractivity contribution in [1.29, 1.82) is 0 Å². The molecule has 0 aromatic carbocycles.